The number of hydrogen-bond donors (Lipinski definition) is 1. The summed E-state index contributed by atoms with van der Waals surface area (Å²) in [4.78, 5) is 3.98. The average molecular weight is 200 g/mol. The van der Waals surface area contributed by atoms with Crippen LogP contribution in [0, 0.1) is 5.92 Å². The maximum absolute atomic E-state index is 9.30. The summed E-state index contributed by atoms with van der Waals surface area (Å²) in [5, 5.41) is 9.95. The van der Waals surface area contributed by atoms with Gasteiger partial charge in [-0.25, -0.2) is 0 Å². The number of halogens is 1. The quantitative estimate of drug-likeness (QED) is 0.811. The first-order valence-corrected chi connectivity index (χ1v) is 4.75. The zero-order chi connectivity index (χ0) is 9.84. The molecule has 0 aliphatic rings. The number of pyridine rings is 1. The second-order valence-corrected chi connectivity index (χ2v) is 3.87. The van der Waals surface area contributed by atoms with Crippen molar-refractivity contribution in [3.8, 4) is 0 Å². The maximum Gasteiger partial charge on any atom is 0.0592 e. The van der Waals surface area contributed by atoms with Gasteiger partial charge in [0.05, 0.1) is 11.1 Å². The lowest BCUT2D eigenvalue weighted by Gasteiger charge is -2.13. The number of hydrogen-bond acceptors (Lipinski definition) is 2. The van der Waals surface area contributed by atoms with E-state index in [0.29, 0.717) is 5.02 Å². The molecular weight excluding hydrogens is 186 g/mol. The third kappa shape index (κ3) is 3.33. The van der Waals surface area contributed by atoms with Crippen LogP contribution in [-0.4, -0.2) is 16.2 Å². The minimum Gasteiger partial charge on any atom is -0.393 e. The Bertz CT molecular complexity index is 275. The molecule has 0 aromatic carbocycles. The highest BCUT2D eigenvalue weighted by molar-refractivity contribution is 6.30. The topological polar surface area (TPSA) is 33.1 Å². The Hall–Kier alpha value is -0.600. The van der Waals surface area contributed by atoms with Crippen LogP contribution in [0.1, 0.15) is 19.4 Å². The minimum atomic E-state index is -0.293. The van der Waals surface area contributed by atoms with Crippen LogP contribution in [0.25, 0.3) is 0 Å². The van der Waals surface area contributed by atoms with E-state index in [4.69, 9.17) is 11.6 Å². The second-order valence-electron chi connectivity index (χ2n) is 3.43. The van der Waals surface area contributed by atoms with E-state index in [1.165, 1.54) is 0 Å². The Balaban J connectivity index is 2.64. The molecule has 1 rings (SSSR count). The van der Waals surface area contributed by atoms with E-state index in [9.17, 15) is 5.11 Å². The molecule has 2 atom stereocenters. The Morgan fingerprint density at radius 2 is 2.15 bits per heavy atom. The fourth-order valence-electron chi connectivity index (χ4n) is 1.11. The van der Waals surface area contributed by atoms with Crippen molar-refractivity contribution in [2.24, 2.45) is 5.92 Å². The second kappa shape index (κ2) is 4.58. The van der Waals surface area contributed by atoms with Gasteiger partial charge in [0.15, 0.2) is 0 Å². The molecule has 0 amide bonds. The van der Waals surface area contributed by atoms with E-state index in [-0.39, 0.29) is 12.0 Å². The van der Waals surface area contributed by atoms with Crippen molar-refractivity contribution in [1.82, 2.24) is 4.98 Å². The first kappa shape index (κ1) is 10.5. The lowest BCUT2D eigenvalue weighted by Crippen LogP contribution is -2.15. The van der Waals surface area contributed by atoms with Crippen molar-refractivity contribution < 1.29 is 5.11 Å². The van der Waals surface area contributed by atoms with Crippen LogP contribution < -0.4 is 0 Å². The molecule has 0 bridgehead atoms. The molecule has 3 heteroatoms. The van der Waals surface area contributed by atoms with E-state index < -0.39 is 0 Å². The molecule has 1 aromatic heterocycles. The van der Waals surface area contributed by atoms with Gasteiger partial charge < -0.3 is 5.11 Å². The molecule has 72 valence electrons. The monoisotopic (exact) mass is 199 g/mol. The molecule has 13 heavy (non-hydrogen) atoms. The summed E-state index contributed by atoms with van der Waals surface area (Å²) < 4.78 is 0. The van der Waals surface area contributed by atoms with Gasteiger partial charge in [0, 0.05) is 12.4 Å². The summed E-state index contributed by atoms with van der Waals surface area (Å²) >= 11 is 5.78. The van der Waals surface area contributed by atoms with Gasteiger partial charge in [0.2, 0.25) is 0 Å². The SMILES string of the molecule is CC(O)C(C)Cc1cncc(Cl)c1. The predicted octanol–water partition coefficient (Wildman–Crippen LogP) is 2.29. The van der Waals surface area contributed by atoms with Gasteiger partial charge in [-0.2, -0.15) is 0 Å². The molecule has 0 spiro atoms. The maximum atomic E-state index is 9.30. The normalized spacial score (nSPS) is 15.4. The van der Waals surface area contributed by atoms with Gasteiger partial charge in [-0.05, 0) is 30.9 Å². The van der Waals surface area contributed by atoms with Crippen molar-refractivity contribution in [2.75, 3.05) is 0 Å². The van der Waals surface area contributed by atoms with E-state index in [2.05, 4.69) is 4.98 Å². The molecule has 0 saturated heterocycles. The summed E-state index contributed by atoms with van der Waals surface area (Å²) in [6.45, 7) is 3.80. The van der Waals surface area contributed by atoms with Gasteiger partial charge in [0.25, 0.3) is 0 Å². The molecule has 0 fully saturated rings. The average Bonchev–Trinajstić information content (AvgIpc) is 2.04. The first-order valence-electron chi connectivity index (χ1n) is 4.37. The molecule has 0 aliphatic carbocycles. The number of rotatable bonds is 3. The number of aliphatic hydroxyl groups excluding tert-OH is 1. The smallest absolute Gasteiger partial charge is 0.0592 e. The van der Waals surface area contributed by atoms with Gasteiger partial charge in [-0.15, -0.1) is 0 Å². The Morgan fingerprint density at radius 3 is 2.69 bits per heavy atom. The van der Waals surface area contributed by atoms with E-state index in [1.807, 2.05) is 13.0 Å². The van der Waals surface area contributed by atoms with Crippen molar-refractivity contribution in [2.45, 2.75) is 26.4 Å². The number of nitrogens with zero attached hydrogens (tertiary/aromatic N) is 1. The molecule has 2 unspecified atom stereocenters. The van der Waals surface area contributed by atoms with Gasteiger partial charge >= 0.3 is 0 Å². The van der Waals surface area contributed by atoms with Crippen LogP contribution in [0.4, 0.5) is 0 Å². The van der Waals surface area contributed by atoms with E-state index in [0.717, 1.165) is 12.0 Å². The fraction of sp³-hybridized carbons (Fsp3) is 0.500. The van der Waals surface area contributed by atoms with E-state index >= 15 is 0 Å². The molecule has 1 heterocycles. The summed E-state index contributed by atoms with van der Waals surface area (Å²) in [7, 11) is 0. The van der Waals surface area contributed by atoms with Gasteiger partial charge in [-0.3, -0.25) is 4.98 Å². The van der Waals surface area contributed by atoms with E-state index in [1.54, 1.807) is 19.3 Å². The lowest BCUT2D eigenvalue weighted by atomic mass is 9.98. The van der Waals surface area contributed by atoms with Gasteiger partial charge in [-0.1, -0.05) is 18.5 Å². The minimum absolute atomic E-state index is 0.236. The van der Waals surface area contributed by atoms with Crippen molar-refractivity contribution in [3.63, 3.8) is 0 Å². The predicted molar refractivity (Wildman–Crippen MR) is 53.8 cm³/mol. The summed E-state index contributed by atoms with van der Waals surface area (Å²) in [6.07, 6.45) is 3.91. The molecule has 1 N–H and O–H groups in total. The van der Waals surface area contributed by atoms with Crippen LogP contribution in [0.2, 0.25) is 5.02 Å². The lowest BCUT2D eigenvalue weighted by molar-refractivity contribution is 0.135. The first-order chi connectivity index (χ1) is 6.09. The van der Waals surface area contributed by atoms with Crippen LogP contribution in [-0.2, 0) is 6.42 Å². The molecule has 0 radical (unpaired) electrons. The van der Waals surface area contributed by atoms with Crippen LogP contribution in [0.5, 0.6) is 0 Å². The fourth-order valence-corrected chi connectivity index (χ4v) is 1.31. The van der Waals surface area contributed by atoms with Crippen molar-refractivity contribution in [1.29, 1.82) is 0 Å². The zero-order valence-corrected chi connectivity index (χ0v) is 8.62. The van der Waals surface area contributed by atoms with Crippen molar-refractivity contribution in [3.05, 3.63) is 29.0 Å². The Morgan fingerprint density at radius 1 is 1.46 bits per heavy atom. The van der Waals surface area contributed by atoms with Crippen LogP contribution in [0.3, 0.4) is 0 Å². The third-order valence-electron chi connectivity index (χ3n) is 2.14. The van der Waals surface area contributed by atoms with Crippen LogP contribution >= 0.6 is 11.6 Å². The molecule has 2 nitrogen and oxygen atoms in total. The Labute approximate surface area is 83.6 Å². The molecule has 1 aromatic rings. The molecule has 0 aliphatic heterocycles. The number of aromatic nitrogens is 1. The Kier molecular flexibility index (Phi) is 3.70. The largest absolute Gasteiger partial charge is 0.393 e. The molecule has 0 saturated carbocycles. The van der Waals surface area contributed by atoms with Gasteiger partial charge in [0.1, 0.15) is 0 Å². The summed E-state index contributed by atoms with van der Waals surface area (Å²) in [5.41, 5.74) is 1.07. The standard InChI is InChI=1S/C10H14ClNO/c1-7(8(2)13)3-9-4-10(11)6-12-5-9/h4-8,13H,3H2,1-2H3. The third-order valence-corrected chi connectivity index (χ3v) is 2.35. The van der Waals surface area contributed by atoms with Crippen LogP contribution in [0.15, 0.2) is 18.5 Å². The highest BCUT2D eigenvalue weighted by atomic mass is 35.5. The highest BCUT2D eigenvalue weighted by Crippen LogP contribution is 2.14. The van der Waals surface area contributed by atoms with Crippen molar-refractivity contribution >= 4 is 11.6 Å². The summed E-state index contributed by atoms with van der Waals surface area (Å²) in [5.74, 6) is 0.236. The highest BCUT2D eigenvalue weighted by Gasteiger charge is 2.09. The number of aliphatic hydroxyl groups is 1. The summed E-state index contributed by atoms with van der Waals surface area (Å²) in [6, 6.07) is 1.88. The zero-order valence-electron chi connectivity index (χ0n) is 7.87. The molecular formula is C10H14ClNO.